The highest BCUT2D eigenvalue weighted by atomic mass is 16.5. The van der Waals surface area contributed by atoms with E-state index in [1.807, 2.05) is 27.7 Å². The number of carbonyl (C=O) groups is 5. The van der Waals surface area contributed by atoms with Crippen LogP contribution in [0.4, 0.5) is 0 Å². The number of hydrogen-bond donors (Lipinski definition) is 6. The number of amides is 5. The van der Waals surface area contributed by atoms with Crippen LogP contribution >= 0.6 is 0 Å². The van der Waals surface area contributed by atoms with Crippen LogP contribution in [0.25, 0.3) is 0 Å². The third-order valence-corrected chi connectivity index (χ3v) is 10.5. The molecule has 0 heterocycles. The van der Waals surface area contributed by atoms with Crippen LogP contribution in [0.5, 0.6) is 0 Å². The smallest absolute Gasteiger partial charge is 0.243 e. The van der Waals surface area contributed by atoms with E-state index in [0.29, 0.717) is 51.6 Å². The molecule has 0 aliphatic heterocycles. The van der Waals surface area contributed by atoms with E-state index in [4.69, 9.17) is 21.9 Å². The Morgan fingerprint density at radius 2 is 1.52 bits per heavy atom. The first kappa shape index (κ1) is 43.4. The SMILES string of the molecule is CCC[C@@H](C(=O)N[C@H](C(=O)N[C@@H](CN)C(N)=O)C1CCCCC1)N(C)C(=O)[C@H](C)N(CC1CCCC1)[C@@H](C)CNC(=O)[C@@H](C)COCCCN. The molecule has 6 atom stereocenters. The fraction of sp³-hybridized carbons (Fsp3) is 0.861. The quantitative estimate of drug-likeness (QED) is 0.0834. The third-order valence-electron chi connectivity index (χ3n) is 10.5. The second kappa shape index (κ2) is 22.9. The van der Waals surface area contributed by atoms with Crippen molar-refractivity contribution >= 4 is 29.5 Å². The average Bonchev–Trinajstić information content (AvgIpc) is 3.63. The van der Waals surface area contributed by atoms with E-state index < -0.39 is 41.9 Å². The van der Waals surface area contributed by atoms with Crippen molar-refractivity contribution in [2.24, 2.45) is 35.0 Å². The zero-order valence-corrected chi connectivity index (χ0v) is 31.4. The van der Waals surface area contributed by atoms with E-state index in [0.717, 1.165) is 64.2 Å². The van der Waals surface area contributed by atoms with Gasteiger partial charge in [0, 0.05) is 39.3 Å². The molecule has 0 aromatic heterocycles. The topological polar surface area (TPSA) is 215 Å². The van der Waals surface area contributed by atoms with Crippen molar-refractivity contribution < 1.29 is 28.7 Å². The maximum absolute atomic E-state index is 14.2. The van der Waals surface area contributed by atoms with Gasteiger partial charge in [0.1, 0.15) is 18.1 Å². The van der Waals surface area contributed by atoms with Crippen LogP contribution in [0.3, 0.4) is 0 Å². The molecule has 288 valence electrons. The molecule has 0 spiro atoms. The van der Waals surface area contributed by atoms with Crippen molar-refractivity contribution in [3.05, 3.63) is 0 Å². The van der Waals surface area contributed by atoms with Gasteiger partial charge in [-0.1, -0.05) is 52.4 Å². The van der Waals surface area contributed by atoms with Gasteiger partial charge in [-0.3, -0.25) is 28.9 Å². The fourth-order valence-electron chi connectivity index (χ4n) is 7.26. The molecule has 50 heavy (non-hydrogen) atoms. The fourth-order valence-corrected chi connectivity index (χ4v) is 7.26. The van der Waals surface area contributed by atoms with Gasteiger partial charge in [-0.15, -0.1) is 0 Å². The van der Waals surface area contributed by atoms with E-state index in [-0.39, 0.29) is 36.2 Å². The van der Waals surface area contributed by atoms with Crippen LogP contribution in [-0.2, 0) is 28.7 Å². The Hall–Kier alpha value is -2.81. The maximum Gasteiger partial charge on any atom is 0.243 e. The van der Waals surface area contributed by atoms with Gasteiger partial charge in [0.05, 0.1) is 18.6 Å². The first-order chi connectivity index (χ1) is 23.9. The van der Waals surface area contributed by atoms with Crippen LogP contribution in [0.2, 0.25) is 0 Å². The van der Waals surface area contributed by atoms with E-state index in [9.17, 15) is 24.0 Å². The monoisotopic (exact) mass is 709 g/mol. The minimum atomic E-state index is -1.04. The first-order valence-corrected chi connectivity index (χ1v) is 19.0. The molecule has 2 saturated carbocycles. The van der Waals surface area contributed by atoms with E-state index >= 15 is 0 Å². The number of ether oxygens (including phenoxy) is 1. The Morgan fingerprint density at radius 3 is 2.10 bits per heavy atom. The van der Waals surface area contributed by atoms with Crippen molar-refractivity contribution in [1.82, 2.24) is 25.8 Å². The lowest BCUT2D eigenvalue weighted by Crippen LogP contribution is -2.61. The van der Waals surface area contributed by atoms with Crippen LogP contribution in [0, 0.1) is 17.8 Å². The largest absolute Gasteiger partial charge is 0.381 e. The summed E-state index contributed by atoms with van der Waals surface area (Å²) in [5.74, 6) is -1.93. The molecule has 5 amide bonds. The van der Waals surface area contributed by atoms with Gasteiger partial charge in [0.2, 0.25) is 29.5 Å². The second-order valence-corrected chi connectivity index (χ2v) is 14.6. The highest BCUT2D eigenvalue weighted by Crippen LogP contribution is 2.28. The molecule has 0 bridgehead atoms. The molecule has 2 aliphatic carbocycles. The molecule has 0 radical (unpaired) electrons. The van der Waals surface area contributed by atoms with Gasteiger partial charge >= 0.3 is 0 Å². The molecule has 2 aliphatic rings. The lowest BCUT2D eigenvalue weighted by molar-refractivity contribution is -0.145. The summed E-state index contributed by atoms with van der Waals surface area (Å²) in [6.45, 7) is 9.97. The Balaban J connectivity index is 2.20. The van der Waals surface area contributed by atoms with Crippen LogP contribution < -0.4 is 33.2 Å². The molecular weight excluding hydrogens is 640 g/mol. The molecule has 0 saturated heterocycles. The van der Waals surface area contributed by atoms with E-state index in [1.165, 1.54) is 4.90 Å². The van der Waals surface area contributed by atoms with Crippen molar-refractivity contribution in [3.8, 4) is 0 Å². The van der Waals surface area contributed by atoms with Gasteiger partial charge in [0.25, 0.3) is 0 Å². The molecule has 2 fully saturated rings. The highest BCUT2D eigenvalue weighted by molar-refractivity contribution is 5.94. The summed E-state index contributed by atoms with van der Waals surface area (Å²) in [7, 11) is 1.65. The zero-order valence-electron chi connectivity index (χ0n) is 31.4. The number of nitrogens with one attached hydrogen (secondary N) is 3. The Bertz CT molecular complexity index is 1070. The predicted octanol–water partition coefficient (Wildman–Crippen LogP) is 0.994. The lowest BCUT2D eigenvalue weighted by Gasteiger charge is -2.39. The van der Waals surface area contributed by atoms with E-state index in [2.05, 4.69) is 20.9 Å². The summed E-state index contributed by atoms with van der Waals surface area (Å²) in [5, 5.41) is 8.66. The molecule has 0 unspecified atom stereocenters. The van der Waals surface area contributed by atoms with Crippen molar-refractivity contribution in [2.75, 3.05) is 46.4 Å². The van der Waals surface area contributed by atoms with Gasteiger partial charge in [-0.25, -0.2) is 0 Å². The standard InChI is InChI=1S/C36H68N8O6/c1-6-13-30(34(47)42-31(28-16-8-7-9-17-28)35(48)41-29(20-38)32(39)45)43(5)36(49)26(4)44(22-27-14-10-11-15-27)25(3)21-40-33(46)24(2)23-50-19-12-18-37/h24-31H,6-23,37-38H2,1-5H3,(H2,39,45)(H,40,46)(H,41,48)(H,42,47)/t24-,25-,26-,29-,30-,31-/m0/s1. The van der Waals surface area contributed by atoms with E-state index in [1.54, 1.807) is 7.05 Å². The number of rotatable bonds is 23. The average molecular weight is 709 g/mol. The molecule has 0 aromatic rings. The minimum absolute atomic E-state index is 0.105. The molecular formula is C36H68N8O6. The van der Waals surface area contributed by atoms with Gasteiger partial charge in [-0.2, -0.15) is 0 Å². The highest BCUT2D eigenvalue weighted by Gasteiger charge is 2.38. The summed E-state index contributed by atoms with van der Waals surface area (Å²) in [6.07, 6.45) is 10.8. The van der Waals surface area contributed by atoms with Gasteiger partial charge in [-0.05, 0) is 70.8 Å². The van der Waals surface area contributed by atoms with Crippen molar-refractivity contribution in [3.63, 3.8) is 0 Å². The second-order valence-electron chi connectivity index (χ2n) is 14.6. The van der Waals surface area contributed by atoms with Gasteiger partial charge < -0.3 is 42.8 Å². The number of nitrogens with zero attached hydrogens (tertiary/aromatic N) is 2. The first-order valence-electron chi connectivity index (χ1n) is 19.0. The summed E-state index contributed by atoms with van der Waals surface area (Å²) in [5.41, 5.74) is 16.6. The van der Waals surface area contributed by atoms with Gasteiger partial charge in [0.15, 0.2) is 0 Å². The summed E-state index contributed by atoms with van der Waals surface area (Å²) < 4.78 is 5.58. The van der Waals surface area contributed by atoms with Crippen LogP contribution in [0.1, 0.15) is 105 Å². The number of nitrogens with two attached hydrogens (primary N) is 3. The van der Waals surface area contributed by atoms with Crippen molar-refractivity contribution in [2.45, 2.75) is 135 Å². The van der Waals surface area contributed by atoms with Crippen molar-refractivity contribution in [1.29, 1.82) is 0 Å². The molecule has 14 heteroatoms. The zero-order chi connectivity index (χ0) is 37.2. The molecule has 14 nitrogen and oxygen atoms in total. The Kier molecular flexibility index (Phi) is 19.8. The maximum atomic E-state index is 14.2. The third kappa shape index (κ3) is 13.7. The minimum Gasteiger partial charge on any atom is -0.381 e. The number of carbonyl (C=O) groups excluding carboxylic acids is 5. The number of hydrogen-bond acceptors (Lipinski definition) is 9. The van der Waals surface area contributed by atoms with Crippen LogP contribution in [0.15, 0.2) is 0 Å². The number of likely N-dealkylation sites (N-methyl/N-ethyl adjacent to an activating group) is 1. The molecule has 2 rings (SSSR count). The summed E-state index contributed by atoms with van der Waals surface area (Å²) in [6, 6.07) is -3.44. The normalized spacial score (nSPS) is 19.2. The van der Waals surface area contributed by atoms with Crippen LogP contribution in [-0.4, -0.2) is 116 Å². The Morgan fingerprint density at radius 1 is 0.880 bits per heavy atom. The molecule has 0 aromatic carbocycles. The molecule has 9 N–H and O–H groups in total. The summed E-state index contributed by atoms with van der Waals surface area (Å²) in [4.78, 5) is 70.1. The predicted molar refractivity (Wildman–Crippen MR) is 194 cm³/mol. The summed E-state index contributed by atoms with van der Waals surface area (Å²) >= 11 is 0. The lowest BCUT2D eigenvalue weighted by atomic mass is 9.83. The Labute approximate surface area is 300 Å². The number of primary amides is 1.